The van der Waals surface area contributed by atoms with Crippen molar-refractivity contribution in [1.29, 1.82) is 0 Å². The summed E-state index contributed by atoms with van der Waals surface area (Å²) in [6.45, 7) is 11.4. The molecule has 1 unspecified atom stereocenters. The standard InChI is InChI=1S/C25H35NO4Si/c1-19(2)30-21-16-20(26(17-21)24(27)28)18-29-31(25(3,4)5,22-12-8-6-9-13-22)23-14-10-7-11-15-23/h6-15,19-21H,16-18H2,1-5H3,(H,27,28)/t20-,21?/m0/s1. The second-order valence-electron chi connectivity index (χ2n) is 9.61. The molecule has 168 valence electrons. The van der Waals surface area contributed by atoms with Crippen LogP contribution >= 0.6 is 0 Å². The fourth-order valence-electron chi connectivity index (χ4n) is 4.73. The molecule has 0 bridgehead atoms. The Bertz CT molecular complexity index is 811. The van der Waals surface area contributed by atoms with Crippen LogP contribution in [0.5, 0.6) is 0 Å². The van der Waals surface area contributed by atoms with Gasteiger partial charge in [-0.3, -0.25) is 0 Å². The maximum absolute atomic E-state index is 11.9. The Morgan fingerprint density at radius 3 is 2.00 bits per heavy atom. The molecule has 6 heteroatoms. The first-order valence-corrected chi connectivity index (χ1v) is 13.0. The van der Waals surface area contributed by atoms with Gasteiger partial charge in [0.05, 0.1) is 31.4 Å². The van der Waals surface area contributed by atoms with E-state index in [0.29, 0.717) is 19.6 Å². The Morgan fingerprint density at radius 1 is 1.06 bits per heavy atom. The molecule has 1 heterocycles. The lowest BCUT2D eigenvalue weighted by atomic mass is 10.2. The summed E-state index contributed by atoms with van der Waals surface area (Å²) in [5.41, 5.74) is 0. The smallest absolute Gasteiger partial charge is 0.407 e. The molecule has 5 nitrogen and oxygen atoms in total. The van der Waals surface area contributed by atoms with Gasteiger partial charge in [-0.1, -0.05) is 81.4 Å². The lowest BCUT2D eigenvalue weighted by molar-refractivity contribution is 0.0142. The molecular formula is C25H35NO4Si. The predicted octanol–water partition coefficient (Wildman–Crippen LogP) is 4.11. The Hall–Kier alpha value is -2.15. The van der Waals surface area contributed by atoms with E-state index in [1.54, 1.807) is 0 Å². The van der Waals surface area contributed by atoms with Gasteiger partial charge in [-0.2, -0.15) is 0 Å². The third-order valence-electron chi connectivity index (χ3n) is 6.00. The summed E-state index contributed by atoms with van der Waals surface area (Å²) in [5.74, 6) is 0. The fraction of sp³-hybridized carbons (Fsp3) is 0.480. The van der Waals surface area contributed by atoms with E-state index in [2.05, 4.69) is 69.3 Å². The minimum Gasteiger partial charge on any atom is -0.465 e. The van der Waals surface area contributed by atoms with Crippen LogP contribution in [-0.4, -0.2) is 55.8 Å². The van der Waals surface area contributed by atoms with E-state index in [1.807, 2.05) is 26.0 Å². The summed E-state index contributed by atoms with van der Waals surface area (Å²) >= 11 is 0. The van der Waals surface area contributed by atoms with Crippen molar-refractivity contribution in [3.63, 3.8) is 0 Å². The molecule has 1 fully saturated rings. The summed E-state index contributed by atoms with van der Waals surface area (Å²) < 4.78 is 12.9. The summed E-state index contributed by atoms with van der Waals surface area (Å²) in [5, 5.41) is 12.0. The molecule has 1 saturated heterocycles. The highest BCUT2D eigenvalue weighted by atomic mass is 28.4. The fourth-order valence-corrected chi connectivity index (χ4v) is 9.33. The molecule has 2 aromatic rings. The second kappa shape index (κ2) is 9.55. The van der Waals surface area contributed by atoms with E-state index in [0.717, 1.165) is 0 Å². The maximum atomic E-state index is 11.9. The van der Waals surface area contributed by atoms with Gasteiger partial charge in [0.2, 0.25) is 0 Å². The van der Waals surface area contributed by atoms with Crippen molar-refractivity contribution < 1.29 is 19.1 Å². The van der Waals surface area contributed by atoms with Gasteiger partial charge in [-0.05, 0) is 35.7 Å². The lowest BCUT2D eigenvalue weighted by Crippen LogP contribution is -2.67. The SMILES string of the molecule is CC(C)OC1C[C@@H](CO[Si](c2ccccc2)(c2ccccc2)C(C)(C)C)N(C(=O)O)C1. The van der Waals surface area contributed by atoms with Crippen LogP contribution in [0.2, 0.25) is 5.04 Å². The van der Waals surface area contributed by atoms with E-state index < -0.39 is 14.4 Å². The first kappa shape index (κ1) is 23.5. The molecule has 2 aromatic carbocycles. The highest BCUT2D eigenvalue weighted by Gasteiger charge is 2.51. The number of likely N-dealkylation sites (tertiary alicyclic amines) is 1. The topological polar surface area (TPSA) is 59.0 Å². The van der Waals surface area contributed by atoms with Gasteiger partial charge >= 0.3 is 6.09 Å². The van der Waals surface area contributed by atoms with Crippen molar-refractivity contribution in [1.82, 2.24) is 4.90 Å². The zero-order chi connectivity index (χ0) is 22.6. The molecule has 1 aliphatic rings. The van der Waals surface area contributed by atoms with Gasteiger partial charge in [-0.15, -0.1) is 0 Å². The third kappa shape index (κ3) is 5.02. The number of hydrogen-bond donors (Lipinski definition) is 1. The molecule has 0 aliphatic carbocycles. The molecule has 3 rings (SSSR count). The van der Waals surface area contributed by atoms with E-state index >= 15 is 0 Å². The van der Waals surface area contributed by atoms with Gasteiger partial charge in [0.1, 0.15) is 0 Å². The van der Waals surface area contributed by atoms with Crippen LogP contribution < -0.4 is 10.4 Å². The average molecular weight is 442 g/mol. The number of carbonyl (C=O) groups is 1. The Balaban J connectivity index is 1.97. The number of ether oxygens (including phenoxy) is 1. The van der Waals surface area contributed by atoms with Gasteiger partial charge in [0.15, 0.2) is 0 Å². The molecule has 0 aromatic heterocycles. The van der Waals surface area contributed by atoms with Crippen LogP contribution in [0, 0.1) is 0 Å². The largest absolute Gasteiger partial charge is 0.465 e. The van der Waals surface area contributed by atoms with Crippen molar-refractivity contribution in [2.24, 2.45) is 0 Å². The molecule has 2 atom stereocenters. The number of hydrogen-bond acceptors (Lipinski definition) is 3. The molecule has 31 heavy (non-hydrogen) atoms. The van der Waals surface area contributed by atoms with Crippen molar-refractivity contribution in [2.45, 2.75) is 64.3 Å². The minimum atomic E-state index is -2.70. The lowest BCUT2D eigenvalue weighted by Gasteiger charge is -2.43. The van der Waals surface area contributed by atoms with Crippen molar-refractivity contribution in [3.05, 3.63) is 60.7 Å². The van der Waals surface area contributed by atoms with Crippen molar-refractivity contribution in [2.75, 3.05) is 13.2 Å². The first-order chi connectivity index (χ1) is 14.6. The Kier molecular flexibility index (Phi) is 7.24. The highest BCUT2D eigenvalue weighted by molar-refractivity contribution is 6.99. The van der Waals surface area contributed by atoms with Crippen LogP contribution in [-0.2, 0) is 9.16 Å². The normalized spacial score (nSPS) is 19.7. The van der Waals surface area contributed by atoms with Crippen LogP contribution in [0.1, 0.15) is 41.0 Å². The Labute approximate surface area is 187 Å². The average Bonchev–Trinajstić information content (AvgIpc) is 3.11. The Morgan fingerprint density at radius 2 is 1.58 bits per heavy atom. The molecule has 0 spiro atoms. The van der Waals surface area contributed by atoms with Crippen LogP contribution in [0.3, 0.4) is 0 Å². The number of amides is 1. The number of carboxylic acid groups (broad SMARTS) is 1. The van der Waals surface area contributed by atoms with Crippen LogP contribution in [0.25, 0.3) is 0 Å². The molecule has 0 radical (unpaired) electrons. The first-order valence-electron chi connectivity index (χ1n) is 11.0. The molecule has 1 aliphatic heterocycles. The maximum Gasteiger partial charge on any atom is 0.407 e. The monoisotopic (exact) mass is 441 g/mol. The number of benzene rings is 2. The van der Waals surface area contributed by atoms with Gasteiger partial charge in [0.25, 0.3) is 8.32 Å². The minimum absolute atomic E-state index is 0.0667. The van der Waals surface area contributed by atoms with Gasteiger partial charge in [0, 0.05) is 0 Å². The van der Waals surface area contributed by atoms with Crippen LogP contribution in [0.15, 0.2) is 60.7 Å². The number of nitrogens with zero attached hydrogens (tertiary/aromatic N) is 1. The number of rotatable bonds is 7. The summed E-state index contributed by atoms with van der Waals surface area (Å²) in [7, 11) is -2.70. The third-order valence-corrected chi connectivity index (χ3v) is 11.0. The van der Waals surface area contributed by atoms with Crippen molar-refractivity contribution >= 4 is 24.8 Å². The summed E-state index contributed by atoms with van der Waals surface area (Å²) in [6.07, 6.45) is -0.283. The molecule has 1 amide bonds. The quantitative estimate of drug-likeness (QED) is 0.657. The van der Waals surface area contributed by atoms with E-state index in [4.69, 9.17) is 9.16 Å². The predicted molar refractivity (Wildman–Crippen MR) is 127 cm³/mol. The molecular weight excluding hydrogens is 406 g/mol. The van der Waals surface area contributed by atoms with Gasteiger partial charge < -0.3 is 19.2 Å². The molecule has 1 N–H and O–H groups in total. The van der Waals surface area contributed by atoms with E-state index in [-0.39, 0.29) is 23.3 Å². The zero-order valence-electron chi connectivity index (χ0n) is 19.2. The van der Waals surface area contributed by atoms with E-state index in [9.17, 15) is 9.90 Å². The van der Waals surface area contributed by atoms with E-state index in [1.165, 1.54) is 15.3 Å². The summed E-state index contributed by atoms with van der Waals surface area (Å²) in [4.78, 5) is 13.4. The zero-order valence-corrected chi connectivity index (χ0v) is 20.2. The highest BCUT2D eigenvalue weighted by Crippen LogP contribution is 2.37. The second-order valence-corrected chi connectivity index (χ2v) is 13.9. The molecule has 0 saturated carbocycles. The van der Waals surface area contributed by atoms with Gasteiger partial charge in [-0.25, -0.2) is 4.79 Å². The van der Waals surface area contributed by atoms with Crippen LogP contribution in [0.4, 0.5) is 4.79 Å². The summed E-state index contributed by atoms with van der Waals surface area (Å²) in [6, 6.07) is 20.7. The van der Waals surface area contributed by atoms with Crippen molar-refractivity contribution in [3.8, 4) is 0 Å².